The third kappa shape index (κ3) is 6.69. The Morgan fingerprint density at radius 2 is 1.93 bits per heavy atom. The van der Waals surface area contributed by atoms with Crippen molar-refractivity contribution < 1.29 is 9.47 Å². The molecule has 0 amide bonds. The second-order valence-corrected chi connectivity index (χ2v) is 6.00. The SMILES string of the molecule is CN=C(NCc1cccc(OC)c1)NCc1c(C)nn(CCOC)c1C.I. The van der Waals surface area contributed by atoms with Gasteiger partial charge in [0.05, 0.1) is 26.0 Å². The van der Waals surface area contributed by atoms with Crippen LogP contribution >= 0.6 is 24.0 Å². The third-order valence-electron chi connectivity index (χ3n) is 4.29. The molecular weight excluding hydrogens is 457 g/mol. The van der Waals surface area contributed by atoms with Gasteiger partial charge in [0.1, 0.15) is 5.75 Å². The fraction of sp³-hybridized carbons (Fsp3) is 0.474. The standard InChI is InChI=1S/C19H29N5O2.HI/c1-14-18(15(2)24(23-14)9-10-25-4)13-22-19(20-3)21-12-16-7-6-8-17(11-16)26-5;/h6-8,11H,9-10,12-13H2,1-5H3,(H2,20,21,22);1H. The minimum Gasteiger partial charge on any atom is -0.497 e. The zero-order chi connectivity index (χ0) is 18.9. The number of hydrogen-bond acceptors (Lipinski definition) is 4. The molecule has 8 heteroatoms. The van der Waals surface area contributed by atoms with Crippen LogP contribution in [-0.4, -0.2) is 43.6 Å². The number of rotatable bonds is 8. The van der Waals surface area contributed by atoms with Crippen molar-refractivity contribution in [2.45, 2.75) is 33.5 Å². The van der Waals surface area contributed by atoms with Crippen molar-refractivity contribution in [3.8, 4) is 5.75 Å². The average molecular weight is 487 g/mol. The predicted octanol–water partition coefficient (Wildman–Crippen LogP) is 2.64. The summed E-state index contributed by atoms with van der Waals surface area (Å²) in [5.41, 5.74) is 4.49. The highest BCUT2D eigenvalue weighted by Gasteiger charge is 2.11. The number of guanidine groups is 1. The number of aliphatic imine (C=N–C) groups is 1. The fourth-order valence-corrected chi connectivity index (χ4v) is 2.75. The Bertz CT molecular complexity index is 746. The lowest BCUT2D eigenvalue weighted by Crippen LogP contribution is -2.36. The molecule has 0 aliphatic carbocycles. The summed E-state index contributed by atoms with van der Waals surface area (Å²) in [4.78, 5) is 4.29. The second-order valence-electron chi connectivity index (χ2n) is 6.00. The molecule has 1 aromatic heterocycles. The molecule has 27 heavy (non-hydrogen) atoms. The Labute approximate surface area is 178 Å². The molecule has 7 nitrogen and oxygen atoms in total. The van der Waals surface area contributed by atoms with Gasteiger partial charge in [-0.2, -0.15) is 5.10 Å². The van der Waals surface area contributed by atoms with Gasteiger partial charge in [0, 0.05) is 38.5 Å². The lowest BCUT2D eigenvalue weighted by molar-refractivity contribution is 0.182. The molecule has 0 aliphatic heterocycles. The average Bonchev–Trinajstić information content (AvgIpc) is 2.93. The molecule has 0 atom stereocenters. The van der Waals surface area contributed by atoms with Gasteiger partial charge in [-0.15, -0.1) is 24.0 Å². The van der Waals surface area contributed by atoms with Crippen molar-refractivity contribution in [2.75, 3.05) is 27.9 Å². The molecule has 0 fully saturated rings. The van der Waals surface area contributed by atoms with E-state index in [4.69, 9.17) is 9.47 Å². The molecule has 2 rings (SSSR count). The Kier molecular flexibility index (Phi) is 10.2. The topological polar surface area (TPSA) is 72.7 Å². The van der Waals surface area contributed by atoms with Crippen molar-refractivity contribution in [1.82, 2.24) is 20.4 Å². The zero-order valence-electron chi connectivity index (χ0n) is 16.7. The molecule has 150 valence electrons. The molecule has 0 spiro atoms. The van der Waals surface area contributed by atoms with E-state index in [1.54, 1.807) is 21.3 Å². The van der Waals surface area contributed by atoms with E-state index in [9.17, 15) is 0 Å². The van der Waals surface area contributed by atoms with Crippen molar-refractivity contribution in [2.24, 2.45) is 4.99 Å². The quantitative estimate of drug-likeness (QED) is 0.341. The van der Waals surface area contributed by atoms with Gasteiger partial charge in [-0.25, -0.2) is 0 Å². The number of hydrogen-bond donors (Lipinski definition) is 2. The Hall–Kier alpha value is -1.81. The van der Waals surface area contributed by atoms with Crippen LogP contribution in [0.5, 0.6) is 5.75 Å². The van der Waals surface area contributed by atoms with Crippen LogP contribution in [0.2, 0.25) is 0 Å². The molecule has 2 N–H and O–H groups in total. The number of halogens is 1. The van der Waals surface area contributed by atoms with E-state index in [1.165, 1.54) is 5.56 Å². The number of aromatic nitrogens is 2. The number of ether oxygens (including phenoxy) is 2. The molecule has 2 aromatic rings. The van der Waals surface area contributed by atoms with E-state index in [0.29, 0.717) is 19.7 Å². The highest BCUT2D eigenvalue weighted by molar-refractivity contribution is 14.0. The van der Waals surface area contributed by atoms with Crippen LogP contribution in [0.25, 0.3) is 0 Å². The Balaban J connectivity index is 0.00000364. The van der Waals surface area contributed by atoms with Gasteiger partial charge in [-0.1, -0.05) is 12.1 Å². The summed E-state index contributed by atoms with van der Waals surface area (Å²) in [7, 11) is 5.14. The minimum absolute atomic E-state index is 0. The van der Waals surface area contributed by atoms with Crippen LogP contribution in [0.15, 0.2) is 29.3 Å². The number of aryl methyl sites for hydroxylation is 1. The van der Waals surface area contributed by atoms with Crippen molar-refractivity contribution in [1.29, 1.82) is 0 Å². The van der Waals surface area contributed by atoms with Crippen LogP contribution in [0.1, 0.15) is 22.5 Å². The van der Waals surface area contributed by atoms with Crippen LogP contribution in [0, 0.1) is 13.8 Å². The summed E-state index contributed by atoms with van der Waals surface area (Å²) in [5, 5.41) is 11.3. The van der Waals surface area contributed by atoms with Crippen molar-refractivity contribution >= 4 is 29.9 Å². The lowest BCUT2D eigenvalue weighted by atomic mass is 10.2. The van der Waals surface area contributed by atoms with E-state index >= 15 is 0 Å². The molecule has 0 radical (unpaired) electrons. The normalized spacial score (nSPS) is 11.1. The smallest absolute Gasteiger partial charge is 0.191 e. The lowest BCUT2D eigenvalue weighted by Gasteiger charge is -2.13. The summed E-state index contributed by atoms with van der Waals surface area (Å²) in [6.07, 6.45) is 0. The Morgan fingerprint density at radius 3 is 2.59 bits per heavy atom. The number of nitrogens with zero attached hydrogens (tertiary/aromatic N) is 3. The Morgan fingerprint density at radius 1 is 1.19 bits per heavy atom. The molecule has 1 heterocycles. The maximum absolute atomic E-state index is 5.26. The van der Waals surface area contributed by atoms with Gasteiger partial charge in [0.25, 0.3) is 0 Å². The molecular formula is C19H30IN5O2. The highest BCUT2D eigenvalue weighted by Crippen LogP contribution is 2.13. The number of methoxy groups -OCH3 is 2. The molecule has 0 saturated heterocycles. The van der Waals surface area contributed by atoms with Gasteiger partial charge in [-0.3, -0.25) is 9.67 Å². The maximum atomic E-state index is 5.26. The first-order chi connectivity index (χ1) is 12.6. The van der Waals surface area contributed by atoms with E-state index < -0.39 is 0 Å². The van der Waals surface area contributed by atoms with Gasteiger partial charge >= 0.3 is 0 Å². The first-order valence-corrected chi connectivity index (χ1v) is 8.68. The molecule has 0 aliphatic rings. The number of benzene rings is 1. The van der Waals surface area contributed by atoms with E-state index in [2.05, 4.69) is 33.7 Å². The van der Waals surface area contributed by atoms with E-state index in [-0.39, 0.29) is 24.0 Å². The molecule has 0 bridgehead atoms. The van der Waals surface area contributed by atoms with Crippen molar-refractivity contribution in [3.05, 3.63) is 46.8 Å². The van der Waals surface area contributed by atoms with Crippen molar-refractivity contribution in [3.63, 3.8) is 0 Å². The van der Waals surface area contributed by atoms with Crippen LogP contribution in [0.4, 0.5) is 0 Å². The largest absolute Gasteiger partial charge is 0.497 e. The van der Waals surface area contributed by atoms with Gasteiger partial charge in [0.15, 0.2) is 5.96 Å². The number of nitrogens with one attached hydrogen (secondary N) is 2. The van der Waals surface area contributed by atoms with Crippen LogP contribution in [0.3, 0.4) is 0 Å². The summed E-state index contributed by atoms with van der Waals surface area (Å²) >= 11 is 0. The summed E-state index contributed by atoms with van der Waals surface area (Å²) < 4.78 is 12.4. The first kappa shape index (κ1) is 23.2. The molecule has 0 unspecified atom stereocenters. The van der Waals surface area contributed by atoms with E-state index in [1.807, 2.05) is 29.8 Å². The fourth-order valence-electron chi connectivity index (χ4n) is 2.75. The van der Waals surface area contributed by atoms with E-state index in [0.717, 1.165) is 35.2 Å². The maximum Gasteiger partial charge on any atom is 0.191 e. The first-order valence-electron chi connectivity index (χ1n) is 8.68. The summed E-state index contributed by atoms with van der Waals surface area (Å²) in [6, 6.07) is 7.97. The zero-order valence-corrected chi connectivity index (χ0v) is 19.0. The summed E-state index contributed by atoms with van der Waals surface area (Å²) in [6.45, 7) is 6.85. The monoisotopic (exact) mass is 487 g/mol. The third-order valence-corrected chi connectivity index (χ3v) is 4.29. The van der Waals surface area contributed by atoms with Gasteiger partial charge in [0.2, 0.25) is 0 Å². The predicted molar refractivity (Wildman–Crippen MR) is 119 cm³/mol. The highest BCUT2D eigenvalue weighted by atomic mass is 127. The molecule has 0 saturated carbocycles. The van der Waals surface area contributed by atoms with Gasteiger partial charge < -0.3 is 20.1 Å². The summed E-state index contributed by atoms with van der Waals surface area (Å²) in [5.74, 6) is 1.60. The molecule has 1 aromatic carbocycles. The van der Waals surface area contributed by atoms with Gasteiger partial charge in [-0.05, 0) is 31.5 Å². The van der Waals surface area contributed by atoms with Crippen LogP contribution in [-0.2, 0) is 24.4 Å². The second kappa shape index (κ2) is 11.8. The van der Waals surface area contributed by atoms with Crippen LogP contribution < -0.4 is 15.4 Å². The minimum atomic E-state index is 0.